The van der Waals surface area contributed by atoms with E-state index in [4.69, 9.17) is 12.2 Å². The number of rotatable bonds is 1. The van der Waals surface area contributed by atoms with E-state index in [1.54, 1.807) is 0 Å². The van der Waals surface area contributed by atoms with E-state index >= 15 is 0 Å². The fourth-order valence-corrected chi connectivity index (χ4v) is 1.86. The van der Waals surface area contributed by atoms with Gasteiger partial charge in [-0.15, -0.1) is 0 Å². The molecule has 1 aromatic carbocycles. The van der Waals surface area contributed by atoms with Crippen LogP contribution in [0.25, 0.3) is 0 Å². The van der Waals surface area contributed by atoms with Gasteiger partial charge < -0.3 is 0 Å². The van der Waals surface area contributed by atoms with Crippen molar-refractivity contribution in [3.05, 3.63) is 59.2 Å². The van der Waals surface area contributed by atoms with Crippen LogP contribution in [0, 0.1) is 11.8 Å². The third-order valence-corrected chi connectivity index (χ3v) is 3.01. The molecule has 1 heteroatoms. The second kappa shape index (κ2) is 5.61. The molecule has 0 saturated heterocycles. The van der Waals surface area contributed by atoms with Crippen molar-refractivity contribution in [2.24, 2.45) is 0 Å². The van der Waals surface area contributed by atoms with Gasteiger partial charge in [0.2, 0.25) is 0 Å². The average molecular weight is 238 g/mol. The number of hydrogen-bond acceptors (Lipinski definition) is 1. The van der Waals surface area contributed by atoms with Gasteiger partial charge in [0.05, 0.1) is 0 Å². The molecule has 1 aliphatic carbocycles. The maximum Gasteiger partial charge on any atom is 0.0280 e. The highest BCUT2D eigenvalue weighted by Crippen LogP contribution is 2.10. The molecule has 0 amide bonds. The summed E-state index contributed by atoms with van der Waals surface area (Å²) >= 11 is 5.10. The van der Waals surface area contributed by atoms with Gasteiger partial charge in [0.15, 0.2) is 0 Å². The fourth-order valence-electron chi connectivity index (χ4n) is 1.71. The summed E-state index contributed by atoms with van der Waals surface area (Å²) in [6.07, 6.45) is 7.90. The number of allylic oxidation sites excluding steroid dienone is 4. The Hall–Kier alpha value is -1.65. The third-order valence-electron chi connectivity index (χ3n) is 2.71. The van der Waals surface area contributed by atoms with Crippen molar-refractivity contribution < 1.29 is 0 Å². The molecule has 0 spiro atoms. The van der Waals surface area contributed by atoms with Crippen LogP contribution in [0.5, 0.6) is 0 Å². The van der Waals surface area contributed by atoms with Gasteiger partial charge in [0.1, 0.15) is 0 Å². The lowest BCUT2D eigenvalue weighted by Crippen LogP contribution is -1.92. The SMILES string of the molecule is CCc1ccccc1C#CC1=CCC(=S)C=C1. The molecule has 0 unspecified atom stereocenters. The third kappa shape index (κ3) is 3.15. The lowest BCUT2D eigenvalue weighted by Gasteiger charge is -2.01. The van der Waals surface area contributed by atoms with E-state index < -0.39 is 0 Å². The molecule has 0 radical (unpaired) electrons. The summed E-state index contributed by atoms with van der Waals surface area (Å²) < 4.78 is 0. The first-order chi connectivity index (χ1) is 8.29. The zero-order chi connectivity index (χ0) is 12.1. The second-order valence-corrected chi connectivity index (χ2v) is 4.45. The monoisotopic (exact) mass is 238 g/mol. The Kier molecular flexibility index (Phi) is 3.90. The second-order valence-electron chi connectivity index (χ2n) is 3.92. The van der Waals surface area contributed by atoms with Crippen LogP contribution in [0.1, 0.15) is 24.5 Å². The Balaban J connectivity index is 2.22. The molecule has 1 aromatic rings. The van der Waals surface area contributed by atoms with Gasteiger partial charge in [-0.25, -0.2) is 0 Å². The Morgan fingerprint density at radius 2 is 2.00 bits per heavy atom. The van der Waals surface area contributed by atoms with E-state index in [1.165, 1.54) is 5.56 Å². The Morgan fingerprint density at radius 1 is 1.18 bits per heavy atom. The van der Waals surface area contributed by atoms with Crippen molar-refractivity contribution in [1.82, 2.24) is 0 Å². The molecule has 0 atom stereocenters. The minimum absolute atomic E-state index is 0.839. The Bertz CT molecular complexity index is 550. The van der Waals surface area contributed by atoms with Crippen molar-refractivity contribution in [3.8, 4) is 11.8 Å². The van der Waals surface area contributed by atoms with Crippen molar-refractivity contribution in [2.45, 2.75) is 19.8 Å². The largest absolute Gasteiger partial charge is 0.0846 e. The molecule has 0 saturated carbocycles. The number of hydrogen-bond donors (Lipinski definition) is 0. The molecule has 0 N–H and O–H groups in total. The first-order valence-corrected chi connectivity index (χ1v) is 6.21. The van der Waals surface area contributed by atoms with Gasteiger partial charge in [-0.2, -0.15) is 0 Å². The smallest absolute Gasteiger partial charge is 0.0280 e. The summed E-state index contributed by atoms with van der Waals surface area (Å²) in [5.41, 5.74) is 3.48. The standard InChI is InChI=1S/C16H14S/c1-2-14-5-3-4-6-15(14)10-7-13-8-11-16(17)12-9-13/h3-6,8-9,11H,2,12H2,1H3. The Labute approximate surface area is 108 Å². The van der Waals surface area contributed by atoms with Gasteiger partial charge in [0, 0.05) is 22.4 Å². The van der Waals surface area contributed by atoms with Gasteiger partial charge in [-0.1, -0.05) is 55.3 Å². The summed E-state index contributed by atoms with van der Waals surface area (Å²) in [5, 5.41) is 0. The maximum absolute atomic E-state index is 5.10. The van der Waals surface area contributed by atoms with Gasteiger partial charge in [-0.05, 0) is 30.2 Å². The van der Waals surface area contributed by atoms with Crippen LogP contribution in [-0.2, 0) is 6.42 Å². The van der Waals surface area contributed by atoms with Crippen LogP contribution in [0.2, 0.25) is 0 Å². The van der Waals surface area contributed by atoms with E-state index in [9.17, 15) is 0 Å². The van der Waals surface area contributed by atoms with E-state index in [0.717, 1.165) is 28.8 Å². The molecule has 0 heterocycles. The molecule has 2 rings (SSSR count). The molecule has 0 aliphatic heterocycles. The van der Waals surface area contributed by atoms with Gasteiger partial charge >= 0.3 is 0 Å². The maximum atomic E-state index is 5.10. The van der Waals surface area contributed by atoms with E-state index in [0.29, 0.717) is 0 Å². The van der Waals surface area contributed by atoms with Crippen molar-refractivity contribution in [2.75, 3.05) is 0 Å². The minimum atomic E-state index is 0.839. The number of aryl methyl sites for hydroxylation is 1. The topological polar surface area (TPSA) is 0 Å². The predicted molar refractivity (Wildman–Crippen MR) is 77.1 cm³/mol. The van der Waals surface area contributed by atoms with Crippen LogP contribution in [-0.4, -0.2) is 4.86 Å². The fraction of sp³-hybridized carbons (Fsp3) is 0.188. The van der Waals surface area contributed by atoms with E-state index in [1.807, 2.05) is 18.2 Å². The normalized spacial score (nSPS) is 13.9. The predicted octanol–water partition coefficient (Wildman–Crippen LogP) is 3.86. The first-order valence-electron chi connectivity index (χ1n) is 5.80. The lowest BCUT2D eigenvalue weighted by molar-refractivity contribution is 1.13. The lowest BCUT2D eigenvalue weighted by atomic mass is 10.0. The number of thiocarbonyl (C=S) groups is 1. The highest BCUT2D eigenvalue weighted by molar-refractivity contribution is 7.80. The molecule has 1 aliphatic rings. The van der Waals surface area contributed by atoms with Gasteiger partial charge in [-0.3, -0.25) is 0 Å². The summed E-state index contributed by atoms with van der Waals surface area (Å²) in [6.45, 7) is 2.15. The molecule has 17 heavy (non-hydrogen) atoms. The quantitative estimate of drug-likeness (QED) is 0.529. The average Bonchev–Trinajstić information content (AvgIpc) is 2.38. The summed E-state index contributed by atoms with van der Waals surface area (Å²) in [4.78, 5) is 0.976. The molecule has 84 valence electrons. The first kappa shape index (κ1) is 11.8. The number of benzene rings is 1. The highest BCUT2D eigenvalue weighted by atomic mass is 32.1. The summed E-state index contributed by atoms with van der Waals surface area (Å²) in [7, 11) is 0. The van der Waals surface area contributed by atoms with E-state index in [2.05, 4.69) is 43.0 Å². The minimum Gasteiger partial charge on any atom is -0.0846 e. The summed E-state index contributed by atoms with van der Waals surface area (Å²) in [6, 6.07) is 8.29. The summed E-state index contributed by atoms with van der Waals surface area (Å²) in [5.74, 6) is 6.43. The molecular formula is C16H14S. The van der Waals surface area contributed by atoms with Crippen molar-refractivity contribution >= 4 is 17.1 Å². The van der Waals surface area contributed by atoms with Crippen LogP contribution < -0.4 is 0 Å². The Morgan fingerprint density at radius 3 is 2.71 bits per heavy atom. The zero-order valence-electron chi connectivity index (χ0n) is 9.86. The van der Waals surface area contributed by atoms with Crippen molar-refractivity contribution in [3.63, 3.8) is 0 Å². The molecule has 0 nitrogen and oxygen atoms in total. The molecule has 0 fully saturated rings. The molecule has 0 aromatic heterocycles. The zero-order valence-corrected chi connectivity index (χ0v) is 10.7. The van der Waals surface area contributed by atoms with Crippen molar-refractivity contribution in [1.29, 1.82) is 0 Å². The van der Waals surface area contributed by atoms with Gasteiger partial charge in [0.25, 0.3) is 0 Å². The van der Waals surface area contributed by atoms with Crippen LogP contribution in [0.15, 0.2) is 48.1 Å². The van der Waals surface area contributed by atoms with Crippen LogP contribution >= 0.6 is 12.2 Å². The van der Waals surface area contributed by atoms with Crippen LogP contribution in [0.3, 0.4) is 0 Å². The van der Waals surface area contributed by atoms with Crippen LogP contribution in [0.4, 0.5) is 0 Å². The highest BCUT2D eigenvalue weighted by Gasteiger charge is 1.98. The molecule has 0 bridgehead atoms. The van der Waals surface area contributed by atoms with E-state index in [-0.39, 0.29) is 0 Å². The molecular weight excluding hydrogens is 224 g/mol.